The third-order valence-electron chi connectivity index (χ3n) is 11.0. The number of ether oxygens (including phenoxy) is 2. The highest BCUT2D eigenvalue weighted by atomic mass is 16.8. The van der Waals surface area contributed by atoms with Crippen LogP contribution in [-0.2, 0) is 9.47 Å². The fraction of sp³-hybridized carbons (Fsp3) is 0.826. The van der Waals surface area contributed by atoms with Gasteiger partial charge in [-0.15, -0.1) is 0 Å². The molecule has 1 N–H and O–H groups in total. The van der Waals surface area contributed by atoms with Gasteiger partial charge in [0.15, 0.2) is 5.79 Å². The molecule has 0 bridgehead atoms. The molecule has 5 heteroatoms. The highest BCUT2D eigenvalue weighted by Gasteiger charge is 2.52. The number of likely N-dealkylation sites (N-methyl/N-ethyl adjacent to an activating group) is 2. The van der Waals surface area contributed by atoms with Crippen LogP contribution in [0.1, 0.15) is 181 Å². The molecule has 0 aromatic carbocycles. The molecule has 0 aromatic heterocycles. The predicted octanol–water partition coefficient (Wildman–Crippen LogP) is 12.1. The van der Waals surface area contributed by atoms with Gasteiger partial charge in [0.05, 0.1) is 12.1 Å². The Bertz CT molecular complexity index is 879. The minimum atomic E-state index is -0.546. The molecule has 2 aliphatic heterocycles. The fourth-order valence-corrected chi connectivity index (χ4v) is 7.75. The molecule has 0 saturated carbocycles. The minimum Gasteiger partial charge on any atom is -0.389 e. The van der Waals surface area contributed by atoms with Crippen molar-refractivity contribution in [2.24, 2.45) is 0 Å². The Balaban J connectivity index is 1.70. The van der Waals surface area contributed by atoms with E-state index in [0.29, 0.717) is 0 Å². The Kier molecular flexibility index (Phi) is 27.1. The molecular weight excluding hydrogens is 629 g/mol. The van der Waals surface area contributed by atoms with Gasteiger partial charge in [-0.05, 0) is 98.2 Å². The number of likely N-dealkylation sites (tertiary alicyclic amines) is 1. The predicted molar refractivity (Wildman–Crippen MR) is 221 cm³/mol. The van der Waals surface area contributed by atoms with Crippen molar-refractivity contribution in [3.05, 3.63) is 48.6 Å². The number of fused-ring (bicyclic) bond motifs is 1. The maximum atomic E-state index is 11.5. The molecule has 0 aliphatic carbocycles. The van der Waals surface area contributed by atoms with E-state index in [1.807, 2.05) is 0 Å². The van der Waals surface area contributed by atoms with Gasteiger partial charge in [0.2, 0.25) is 0 Å². The molecule has 1 unspecified atom stereocenters. The van der Waals surface area contributed by atoms with E-state index in [1.54, 1.807) is 0 Å². The number of aliphatic hydroxyl groups is 1. The molecule has 2 heterocycles. The van der Waals surface area contributed by atoms with Crippen molar-refractivity contribution in [2.75, 3.05) is 34.2 Å². The van der Waals surface area contributed by atoms with E-state index in [0.717, 1.165) is 51.6 Å². The van der Waals surface area contributed by atoms with Crippen LogP contribution in [0.5, 0.6) is 0 Å². The average molecular weight is 713 g/mol. The molecule has 0 amide bonds. The zero-order valence-electron chi connectivity index (χ0n) is 34.4. The highest BCUT2D eigenvalue weighted by molar-refractivity contribution is 4.99. The van der Waals surface area contributed by atoms with Crippen molar-refractivity contribution in [3.8, 4) is 0 Å². The first-order valence-electron chi connectivity index (χ1n) is 21.9. The average Bonchev–Trinajstić information content (AvgIpc) is 3.42. The highest BCUT2D eigenvalue weighted by Crippen LogP contribution is 2.41. The molecule has 51 heavy (non-hydrogen) atoms. The summed E-state index contributed by atoms with van der Waals surface area (Å²) in [5.41, 5.74) is 0. The van der Waals surface area contributed by atoms with Crippen molar-refractivity contribution in [1.29, 1.82) is 0 Å². The van der Waals surface area contributed by atoms with Crippen LogP contribution in [0.2, 0.25) is 0 Å². The van der Waals surface area contributed by atoms with Crippen molar-refractivity contribution in [3.63, 3.8) is 0 Å². The van der Waals surface area contributed by atoms with Crippen LogP contribution >= 0.6 is 0 Å². The van der Waals surface area contributed by atoms with Crippen molar-refractivity contribution < 1.29 is 14.6 Å². The zero-order valence-corrected chi connectivity index (χ0v) is 34.4. The number of hydrogen-bond acceptors (Lipinski definition) is 5. The normalized spacial score (nSPS) is 22.8. The molecule has 0 aromatic rings. The number of nitrogens with zero attached hydrogens (tertiary/aromatic N) is 2. The second-order valence-electron chi connectivity index (χ2n) is 16.1. The molecule has 5 nitrogen and oxygen atoms in total. The van der Waals surface area contributed by atoms with Crippen molar-refractivity contribution in [1.82, 2.24) is 9.80 Å². The van der Waals surface area contributed by atoms with Gasteiger partial charge in [0, 0.05) is 25.9 Å². The summed E-state index contributed by atoms with van der Waals surface area (Å²) >= 11 is 0. The van der Waals surface area contributed by atoms with Gasteiger partial charge in [-0.2, -0.15) is 0 Å². The summed E-state index contributed by atoms with van der Waals surface area (Å²) in [7, 11) is 6.29. The maximum Gasteiger partial charge on any atom is 0.169 e. The van der Waals surface area contributed by atoms with Gasteiger partial charge in [0.1, 0.15) is 12.2 Å². The topological polar surface area (TPSA) is 45.2 Å². The summed E-state index contributed by atoms with van der Waals surface area (Å²) in [6, 6.07) is 0.0492. The lowest BCUT2D eigenvalue weighted by atomic mass is 9.98. The SMILES string of the molecule is CCCCC/C=C\C/C=C\CCCCCCCCC1(CCCCCCCC/C=C\C/C=C\CCCCC)O[C@H]2[C@H](O)C(N(C)C)CN(C)C[C@H]2O1. The van der Waals surface area contributed by atoms with Crippen LogP contribution in [-0.4, -0.2) is 79.3 Å². The molecule has 4 atom stereocenters. The van der Waals surface area contributed by atoms with E-state index in [4.69, 9.17) is 9.47 Å². The van der Waals surface area contributed by atoms with Crippen LogP contribution in [0.4, 0.5) is 0 Å². The Labute approximate surface area is 317 Å². The van der Waals surface area contributed by atoms with Gasteiger partial charge in [-0.3, -0.25) is 0 Å². The van der Waals surface area contributed by atoms with Crippen LogP contribution in [0.25, 0.3) is 0 Å². The van der Waals surface area contributed by atoms with E-state index >= 15 is 0 Å². The van der Waals surface area contributed by atoms with Crippen LogP contribution in [0, 0.1) is 0 Å². The number of aliphatic hydroxyl groups excluding tert-OH is 1. The molecule has 0 spiro atoms. The van der Waals surface area contributed by atoms with Crippen molar-refractivity contribution in [2.45, 2.75) is 211 Å². The summed E-state index contributed by atoms with van der Waals surface area (Å²) in [6.07, 6.45) is 49.9. The number of hydrogen-bond donors (Lipinski definition) is 1. The van der Waals surface area contributed by atoms with Crippen LogP contribution in [0.15, 0.2) is 48.6 Å². The maximum absolute atomic E-state index is 11.5. The Morgan fingerprint density at radius 3 is 1.41 bits per heavy atom. The van der Waals surface area contributed by atoms with E-state index in [-0.39, 0.29) is 18.2 Å². The Morgan fingerprint density at radius 1 is 0.569 bits per heavy atom. The van der Waals surface area contributed by atoms with Crippen LogP contribution < -0.4 is 0 Å². The van der Waals surface area contributed by atoms with E-state index < -0.39 is 11.9 Å². The third kappa shape index (κ3) is 21.3. The molecular formula is C46H84N2O3. The molecule has 2 fully saturated rings. The molecule has 0 radical (unpaired) electrons. The minimum absolute atomic E-state index is 0.0492. The lowest BCUT2D eigenvalue weighted by molar-refractivity contribution is -0.198. The first-order chi connectivity index (χ1) is 24.9. The molecule has 2 saturated heterocycles. The largest absolute Gasteiger partial charge is 0.389 e. The van der Waals surface area contributed by atoms with Crippen LogP contribution in [0.3, 0.4) is 0 Å². The summed E-state index contributed by atoms with van der Waals surface area (Å²) in [6.45, 7) is 6.18. The van der Waals surface area contributed by atoms with Gasteiger partial charge in [0.25, 0.3) is 0 Å². The second kappa shape index (κ2) is 30.1. The standard InChI is InChI=1S/C46H84N2O3/c1-6-8-10-12-14-16-18-20-22-24-26-28-30-32-34-36-38-46(50-43-41-48(5)40-42(47(3)4)44(49)45(43)51-46)39-37-35-33-31-29-27-25-23-21-19-17-15-13-11-9-7-2/h14-17,20-23,42-45,49H,6-13,18-19,24-41H2,1-5H3/b16-14-,17-15-,22-20-,23-21-/t42?,43-,44-,45-/m1/s1. The number of allylic oxidation sites excluding steroid dienone is 8. The molecule has 2 aliphatic rings. The quantitative estimate of drug-likeness (QED) is 0.0573. The fourth-order valence-electron chi connectivity index (χ4n) is 7.75. The van der Waals surface area contributed by atoms with E-state index in [9.17, 15) is 5.11 Å². The Morgan fingerprint density at radius 2 is 0.980 bits per heavy atom. The lowest BCUT2D eigenvalue weighted by Gasteiger charge is -2.34. The summed E-state index contributed by atoms with van der Waals surface area (Å²) in [5.74, 6) is -0.546. The number of rotatable bonds is 31. The summed E-state index contributed by atoms with van der Waals surface area (Å²) < 4.78 is 13.8. The van der Waals surface area contributed by atoms with E-state index in [1.165, 1.54) is 128 Å². The summed E-state index contributed by atoms with van der Waals surface area (Å²) in [4.78, 5) is 4.47. The molecule has 296 valence electrons. The van der Waals surface area contributed by atoms with Gasteiger partial charge in [-0.25, -0.2) is 0 Å². The monoisotopic (exact) mass is 713 g/mol. The first-order valence-corrected chi connectivity index (χ1v) is 21.9. The Hall–Kier alpha value is -1.24. The second-order valence-corrected chi connectivity index (χ2v) is 16.1. The number of unbranched alkanes of at least 4 members (excludes halogenated alkanes) is 18. The van der Waals surface area contributed by atoms with Gasteiger partial charge >= 0.3 is 0 Å². The smallest absolute Gasteiger partial charge is 0.169 e. The lowest BCUT2D eigenvalue weighted by Crippen LogP contribution is -2.50. The third-order valence-corrected chi connectivity index (χ3v) is 11.0. The summed E-state index contributed by atoms with van der Waals surface area (Å²) in [5, 5.41) is 11.5. The zero-order chi connectivity index (χ0) is 36.8. The van der Waals surface area contributed by atoms with Gasteiger partial charge in [-0.1, -0.05) is 140 Å². The van der Waals surface area contributed by atoms with E-state index in [2.05, 4.69) is 93.4 Å². The van der Waals surface area contributed by atoms with Crippen molar-refractivity contribution >= 4 is 0 Å². The van der Waals surface area contributed by atoms with Gasteiger partial charge < -0.3 is 24.4 Å². The first kappa shape index (κ1) is 45.9. The molecule has 2 rings (SSSR count).